The van der Waals surface area contributed by atoms with Crippen LogP contribution in [0.5, 0.6) is 0 Å². The first-order chi connectivity index (χ1) is 10.5. The Morgan fingerprint density at radius 2 is 1.27 bits per heavy atom. The molecular weight excluding hydrogens is 356 g/mol. The zero-order valence-corrected chi connectivity index (χ0v) is 15.4. The predicted molar refractivity (Wildman–Crippen MR) is 96.1 cm³/mol. The molecule has 118 valence electrons. The summed E-state index contributed by atoms with van der Waals surface area (Å²) in [5.74, 6) is -0.843. The summed E-state index contributed by atoms with van der Waals surface area (Å²) in [5.41, 5.74) is 12.0. The lowest BCUT2D eigenvalue weighted by Gasteiger charge is -2.00. The second-order valence-electron chi connectivity index (χ2n) is 4.43. The third-order valence-corrected chi connectivity index (χ3v) is 8.78. The zero-order chi connectivity index (χ0) is 16.3. The van der Waals surface area contributed by atoms with Crippen molar-refractivity contribution in [3.63, 3.8) is 0 Å². The van der Waals surface area contributed by atoms with Crippen molar-refractivity contribution in [2.24, 2.45) is 11.5 Å². The highest BCUT2D eigenvalue weighted by Crippen LogP contribution is 2.46. The molecule has 2 aromatic heterocycles. The molecule has 22 heavy (non-hydrogen) atoms. The zero-order valence-electron chi connectivity index (χ0n) is 12.2. The molecule has 8 heteroatoms. The van der Waals surface area contributed by atoms with Gasteiger partial charge in [0.25, 0.3) is 11.8 Å². The molecule has 0 saturated carbocycles. The Balaban J connectivity index is 2.23. The molecule has 0 aromatic carbocycles. The summed E-state index contributed by atoms with van der Waals surface area (Å²) in [5, 5.41) is 0. The maximum absolute atomic E-state index is 11.5. The van der Waals surface area contributed by atoms with Gasteiger partial charge in [-0.15, -0.1) is 22.7 Å². The van der Waals surface area contributed by atoms with Crippen LogP contribution in [-0.4, -0.2) is 11.8 Å². The van der Waals surface area contributed by atoms with Gasteiger partial charge in [0, 0.05) is 9.75 Å². The number of amides is 2. The van der Waals surface area contributed by atoms with Gasteiger partial charge in [0.05, 0.1) is 19.5 Å². The number of nitrogens with two attached hydrogens (primary N) is 2. The van der Waals surface area contributed by atoms with Crippen LogP contribution in [0.3, 0.4) is 0 Å². The Labute approximate surface area is 145 Å². The molecule has 0 aliphatic heterocycles. The smallest absolute Gasteiger partial charge is 0.250 e. The molecule has 0 saturated heterocycles. The highest BCUT2D eigenvalue weighted by Gasteiger charge is 2.18. The van der Waals surface area contributed by atoms with Gasteiger partial charge in [-0.05, 0) is 46.6 Å². The van der Waals surface area contributed by atoms with Crippen LogP contribution < -0.4 is 11.5 Å². The molecule has 2 heterocycles. The molecule has 2 aromatic rings. The van der Waals surface area contributed by atoms with Crippen LogP contribution in [0.4, 0.5) is 0 Å². The Bertz CT molecular complexity index is 646. The van der Waals surface area contributed by atoms with Gasteiger partial charge in [-0.2, -0.15) is 0 Å². The molecule has 2 rings (SSSR count). The van der Waals surface area contributed by atoms with E-state index in [1.54, 1.807) is 22.7 Å². The summed E-state index contributed by atoms with van der Waals surface area (Å²) in [6, 6.07) is 3.69. The fourth-order valence-electron chi connectivity index (χ4n) is 1.74. The monoisotopic (exact) mass is 372 g/mol. The standard InChI is InChI=1S/C14H16N2O2S4/c1-3-7-5-9(11(15)17)13(19-7)21-22-14-10(12(16)18)6-8(4-2)20-14/h5-6H,3-4H2,1-2H3,(H2,15,17)(H2,16,18). The topological polar surface area (TPSA) is 86.2 Å². The first-order valence-corrected chi connectivity index (χ1v) is 10.4. The number of hydrogen-bond donors (Lipinski definition) is 2. The lowest BCUT2D eigenvalue weighted by Crippen LogP contribution is -2.10. The number of hydrogen-bond acceptors (Lipinski definition) is 6. The molecule has 0 unspecified atom stereocenters. The minimum Gasteiger partial charge on any atom is -0.366 e. The van der Waals surface area contributed by atoms with Gasteiger partial charge < -0.3 is 11.5 Å². The van der Waals surface area contributed by atoms with Gasteiger partial charge in [-0.1, -0.05) is 13.8 Å². The van der Waals surface area contributed by atoms with Crippen LogP contribution in [0.25, 0.3) is 0 Å². The molecule has 0 atom stereocenters. The number of carbonyl (C=O) groups excluding carboxylic acids is 2. The van der Waals surface area contributed by atoms with E-state index in [0.29, 0.717) is 11.1 Å². The van der Waals surface area contributed by atoms with Crippen molar-refractivity contribution in [3.8, 4) is 0 Å². The van der Waals surface area contributed by atoms with E-state index in [1.807, 2.05) is 26.0 Å². The summed E-state index contributed by atoms with van der Waals surface area (Å²) in [7, 11) is 2.91. The highest BCUT2D eigenvalue weighted by molar-refractivity contribution is 8.77. The maximum atomic E-state index is 11.5. The molecular formula is C14H16N2O2S4. The Morgan fingerprint density at radius 1 is 0.909 bits per heavy atom. The van der Waals surface area contributed by atoms with Gasteiger partial charge in [0.15, 0.2) is 0 Å². The summed E-state index contributed by atoms with van der Waals surface area (Å²) in [6.07, 6.45) is 1.73. The fraction of sp³-hybridized carbons (Fsp3) is 0.286. The largest absolute Gasteiger partial charge is 0.366 e. The van der Waals surface area contributed by atoms with Crippen LogP contribution in [0, 0.1) is 0 Å². The molecule has 0 spiro atoms. The normalized spacial score (nSPS) is 10.8. The molecule has 0 bridgehead atoms. The third-order valence-electron chi connectivity index (χ3n) is 2.92. The Hall–Kier alpha value is -0.960. The predicted octanol–water partition coefficient (Wildman–Crippen LogP) is 3.93. The highest BCUT2D eigenvalue weighted by atomic mass is 33.1. The van der Waals surface area contributed by atoms with Crippen LogP contribution in [0.1, 0.15) is 44.3 Å². The van der Waals surface area contributed by atoms with Crippen LogP contribution in [0.15, 0.2) is 20.6 Å². The lowest BCUT2D eigenvalue weighted by molar-refractivity contribution is 0.0990. The summed E-state index contributed by atoms with van der Waals surface area (Å²) >= 11 is 3.13. The van der Waals surface area contributed by atoms with Crippen molar-refractivity contribution in [3.05, 3.63) is 33.0 Å². The second-order valence-corrected chi connectivity index (χ2v) is 9.37. The van der Waals surface area contributed by atoms with Crippen molar-refractivity contribution in [1.29, 1.82) is 0 Å². The summed E-state index contributed by atoms with van der Waals surface area (Å²) in [4.78, 5) is 25.3. The van der Waals surface area contributed by atoms with Gasteiger partial charge in [0.1, 0.15) is 0 Å². The van der Waals surface area contributed by atoms with E-state index in [1.165, 1.54) is 21.6 Å². The quantitative estimate of drug-likeness (QED) is 0.721. The summed E-state index contributed by atoms with van der Waals surface area (Å²) < 4.78 is 1.74. The molecule has 2 amide bonds. The average molecular weight is 373 g/mol. The minimum absolute atomic E-state index is 0.422. The number of thiophene rings is 2. The number of rotatable bonds is 7. The van der Waals surface area contributed by atoms with E-state index in [0.717, 1.165) is 31.0 Å². The van der Waals surface area contributed by atoms with Crippen molar-refractivity contribution in [1.82, 2.24) is 0 Å². The Kier molecular flexibility index (Phi) is 5.96. The van der Waals surface area contributed by atoms with E-state index < -0.39 is 11.8 Å². The number of aryl methyl sites for hydroxylation is 2. The fourth-order valence-corrected chi connectivity index (χ4v) is 7.18. The molecule has 0 aliphatic rings. The van der Waals surface area contributed by atoms with E-state index >= 15 is 0 Å². The third kappa shape index (κ3) is 3.87. The van der Waals surface area contributed by atoms with Crippen molar-refractivity contribution in [2.75, 3.05) is 0 Å². The lowest BCUT2D eigenvalue weighted by atomic mass is 10.3. The first-order valence-electron chi connectivity index (χ1n) is 6.65. The minimum atomic E-state index is -0.422. The SMILES string of the molecule is CCc1cc(C(N)=O)c(SSc2sc(CC)cc2C(N)=O)s1. The average Bonchev–Trinajstić information content (AvgIpc) is 3.08. The molecule has 4 nitrogen and oxygen atoms in total. The van der Waals surface area contributed by atoms with E-state index in [9.17, 15) is 9.59 Å². The van der Waals surface area contributed by atoms with Crippen LogP contribution in [0.2, 0.25) is 0 Å². The van der Waals surface area contributed by atoms with Crippen molar-refractivity contribution >= 4 is 56.1 Å². The first kappa shape index (κ1) is 17.4. The van der Waals surface area contributed by atoms with Crippen LogP contribution in [-0.2, 0) is 12.8 Å². The van der Waals surface area contributed by atoms with Gasteiger partial charge in [0.2, 0.25) is 0 Å². The van der Waals surface area contributed by atoms with Gasteiger partial charge >= 0.3 is 0 Å². The maximum Gasteiger partial charge on any atom is 0.250 e. The number of primary amides is 2. The number of carbonyl (C=O) groups is 2. The van der Waals surface area contributed by atoms with Crippen LogP contribution >= 0.6 is 44.3 Å². The van der Waals surface area contributed by atoms with E-state index in [-0.39, 0.29) is 0 Å². The molecule has 0 fully saturated rings. The molecule has 0 radical (unpaired) electrons. The van der Waals surface area contributed by atoms with Crippen molar-refractivity contribution < 1.29 is 9.59 Å². The van der Waals surface area contributed by atoms with Gasteiger partial charge in [-0.3, -0.25) is 9.59 Å². The molecule has 4 N–H and O–H groups in total. The Morgan fingerprint density at radius 3 is 1.55 bits per heavy atom. The van der Waals surface area contributed by atoms with E-state index in [2.05, 4.69) is 0 Å². The van der Waals surface area contributed by atoms with Crippen molar-refractivity contribution in [2.45, 2.75) is 35.1 Å². The second kappa shape index (κ2) is 7.54. The van der Waals surface area contributed by atoms with Gasteiger partial charge in [-0.25, -0.2) is 0 Å². The molecule has 0 aliphatic carbocycles. The van der Waals surface area contributed by atoms with E-state index in [4.69, 9.17) is 11.5 Å². The summed E-state index contributed by atoms with van der Waals surface area (Å²) in [6.45, 7) is 4.08.